The molecule has 1 aromatic carbocycles. The molecule has 116 valence electrons. The molecule has 0 saturated heterocycles. The van der Waals surface area contributed by atoms with Crippen LogP contribution in [-0.2, 0) is 4.79 Å². The highest BCUT2D eigenvalue weighted by molar-refractivity contribution is 7.99. The number of carbonyl (C=O) groups excluding carboxylic acids is 1. The van der Waals surface area contributed by atoms with Crippen molar-refractivity contribution < 1.29 is 9.90 Å². The zero-order valence-electron chi connectivity index (χ0n) is 12.6. The first kappa shape index (κ1) is 16.4. The number of amides is 1. The summed E-state index contributed by atoms with van der Waals surface area (Å²) >= 11 is 1.49. The third-order valence-corrected chi connectivity index (χ3v) is 5.17. The third kappa shape index (κ3) is 5.36. The van der Waals surface area contributed by atoms with Crippen LogP contribution in [0.3, 0.4) is 0 Å². The van der Waals surface area contributed by atoms with Crippen molar-refractivity contribution in [3.63, 3.8) is 0 Å². The van der Waals surface area contributed by atoms with Gasteiger partial charge in [-0.15, -0.1) is 11.8 Å². The van der Waals surface area contributed by atoms with Crippen LogP contribution in [0.1, 0.15) is 44.3 Å². The van der Waals surface area contributed by atoms with E-state index in [-0.39, 0.29) is 5.91 Å². The molecule has 4 heteroatoms. The van der Waals surface area contributed by atoms with Crippen LogP contribution in [0.2, 0.25) is 0 Å². The van der Waals surface area contributed by atoms with Gasteiger partial charge in [-0.2, -0.15) is 0 Å². The van der Waals surface area contributed by atoms with Crippen LogP contribution < -0.4 is 5.32 Å². The summed E-state index contributed by atoms with van der Waals surface area (Å²) in [6, 6.07) is 9.93. The third-order valence-electron chi connectivity index (χ3n) is 4.15. The van der Waals surface area contributed by atoms with E-state index in [2.05, 4.69) is 12.2 Å². The van der Waals surface area contributed by atoms with Crippen LogP contribution in [-0.4, -0.2) is 28.6 Å². The molecule has 0 aliphatic heterocycles. The van der Waals surface area contributed by atoms with Crippen LogP contribution in [0.4, 0.5) is 0 Å². The fraction of sp³-hybridized carbons (Fsp3) is 0.588. The summed E-state index contributed by atoms with van der Waals surface area (Å²) in [5, 5.41) is 13.2. The van der Waals surface area contributed by atoms with Crippen molar-refractivity contribution in [3.8, 4) is 0 Å². The van der Waals surface area contributed by atoms with Crippen LogP contribution in [0.25, 0.3) is 0 Å². The number of benzene rings is 1. The predicted octanol–water partition coefficient (Wildman–Crippen LogP) is 3.15. The number of rotatable bonds is 6. The first-order chi connectivity index (χ1) is 10.2. The van der Waals surface area contributed by atoms with Crippen LogP contribution in [0.5, 0.6) is 0 Å². The predicted molar refractivity (Wildman–Crippen MR) is 88.3 cm³/mol. The fourth-order valence-electron chi connectivity index (χ4n) is 2.81. The van der Waals surface area contributed by atoms with E-state index in [0.29, 0.717) is 23.5 Å². The minimum absolute atomic E-state index is 0.0963. The molecule has 2 N–H and O–H groups in total. The Morgan fingerprint density at radius 1 is 1.33 bits per heavy atom. The summed E-state index contributed by atoms with van der Waals surface area (Å²) in [4.78, 5) is 12.0. The van der Waals surface area contributed by atoms with Crippen LogP contribution in [0, 0.1) is 5.92 Å². The molecule has 3 atom stereocenters. The SMILES string of the molecule is CC1CCCCC1NC(=O)CSCC(O)c1ccccc1. The van der Waals surface area contributed by atoms with Gasteiger partial charge < -0.3 is 10.4 Å². The highest BCUT2D eigenvalue weighted by Crippen LogP contribution is 2.24. The lowest BCUT2D eigenvalue weighted by atomic mass is 9.86. The number of aliphatic hydroxyl groups is 1. The maximum absolute atomic E-state index is 12.0. The maximum atomic E-state index is 12.0. The lowest BCUT2D eigenvalue weighted by Gasteiger charge is -2.29. The lowest BCUT2D eigenvalue weighted by molar-refractivity contribution is -0.119. The first-order valence-corrected chi connectivity index (χ1v) is 8.92. The number of aliphatic hydroxyl groups excluding tert-OH is 1. The Hall–Kier alpha value is -1.00. The summed E-state index contributed by atoms with van der Waals surface area (Å²) in [6.07, 6.45) is 4.31. The van der Waals surface area contributed by atoms with Crippen molar-refractivity contribution >= 4 is 17.7 Å². The van der Waals surface area contributed by atoms with Gasteiger partial charge in [-0.25, -0.2) is 0 Å². The minimum Gasteiger partial charge on any atom is -0.388 e. The van der Waals surface area contributed by atoms with Gasteiger partial charge in [0.2, 0.25) is 5.91 Å². The summed E-state index contributed by atoms with van der Waals surface area (Å²) in [7, 11) is 0. The number of nitrogens with one attached hydrogen (secondary N) is 1. The molecule has 21 heavy (non-hydrogen) atoms. The van der Waals surface area contributed by atoms with E-state index in [4.69, 9.17) is 0 Å². The van der Waals surface area contributed by atoms with E-state index in [1.165, 1.54) is 31.0 Å². The molecule has 1 aliphatic carbocycles. The molecule has 2 rings (SSSR count). The zero-order valence-corrected chi connectivity index (χ0v) is 13.4. The number of thioether (sulfide) groups is 1. The van der Waals surface area contributed by atoms with E-state index >= 15 is 0 Å². The number of hydrogen-bond donors (Lipinski definition) is 2. The topological polar surface area (TPSA) is 49.3 Å². The van der Waals surface area contributed by atoms with E-state index in [1.54, 1.807) is 0 Å². The second kappa shape index (κ2) is 8.44. The normalized spacial score (nSPS) is 23.5. The molecule has 1 amide bonds. The molecule has 1 saturated carbocycles. The van der Waals surface area contributed by atoms with Gasteiger partial charge in [0.15, 0.2) is 0 Å². The van der Waals surface area contributed by atoms with Crippen molar-refractivity contribution in [1.29, 1.82) is 0 Å². The average Bonchev–Trinajstić information content (AvgIpc) is 2.50. The van der Waals surface area contributed by atoms with Crippen LogP contribution in [0.15, 0.2) is 30.3 Å². The van der Waals surface area contributed by atoms with Gasteiger partial charge >= 0.3 is 0 Å². The first-order valence-electron chi connectivity index (χ1n) is 7.77. The molecular weight excluding hydrogens is 282 g/mol. The van der Waals surface area contributed by atoms with Crippen molar-refractivity contribution in [1.82, 2.24) is 5.32 Å². The summed E-state index contributed by atoms with van der Waals surface area (Å²) in [5.41, 5.74) is 0.909. The van der Waals surface area contributed by atoms with Gasteiger partial charge in [-0.05, 0) is 24.3 Å². The molecule has 0 bridgehead atoms. The molecule has 0 aromatic heterocycles. The minimum atomic E-state index is -0.502. The van der Waals surface area contributed by atoms with Gasteiger partial charge in [-0.3, -0.25) is 4.79 Å². The lowest BCUT2D eigenvalue weighted by Crippen LogP contribution is -2.41. The molecule has 1 fully saturated rings. The summed E-state index contributed by atoms with van der Waals surface area (Å²) in [6.45, 7) is 2.22. The van der Waals surface area contributed by atoms with Gasteiger partial charge in [0.1, 0.15) is 0 Å². The summed E-state index contributed by atoms with van der Waals surface area (Å²) in [5.74, 6) is 1.66. The molecule has 0 radical (unpaired) electrons. The van der Waals surface area contributed by atoms with E-state index in [9.17, 15) is 9.90 Å². The Balaban J connectivity index is 1.67. The van der Waals surface area contributed by atoms with Crippen molar-refractivity contribution in [2.45, 2.75) is 44.8 Å². The van der Waals surface area contributed by atoms with Crippen molar-refractivity contribution in [2.24, 2.45) is 5.92 Å². The summed E-state index contributed by atoms with van der Waals surface area (Å²) < 4.78 is 0. The smallest absolute Gasteiger partial charge is 0.230 e. The standard InChI is InChI=1S/C17H25NO2S/c1-13-7-5-6-10-15(13)18-17(20)12-21-11-16(19)14-8-3-2-4-9-14/h2-4,8-9,13,15-16,19H,5-7,10-12H2,1H3,(H,18,20). The Bertz CT molecular complexity index is 438. The van der Waals surface area contributed by atoms with Gasteiger partial charge in [0.05, 0.1) is 11.9 Å². The van der Waals surface area contributed by atoms with E-state index in [0.717, 1.165) is 12.0 Å². The largest absolute Gasteiger partial charge is 0.388 e. The zero-order chi connectivity index (χ0) is 15.1. The van der Waals surface area contributed by atoms with Gasteiger partial charge in [0, 0.05) is 11.8 Å². The molecule has 3 nitrogen and oxygen atoms in total. The number of carbonyl (C=O) groups is 1. The molecule has 3 unspecified atom stereocenters. The Kier molecular flexibility index (Phi) is 6.58. The second-order valence-corrected chi connectivity index (χ2v) is 6.91. The van der Waals surface area contributed by atoms with Crippen molar-refractivity contribution in [3.05, 3.63) is 35.9 Å². The highest BCUT2D eigenvalue weighted by Gasteiger charge is 2.22. The van der Waals surface area contributed by atoms with Crippen molar-refractivity contribution in [2.75, 3.05) is 11.5 Å². The fourth-order valence-corrected chi connectivity index (χ4v) is 3.62. The van der Waals surface area contributed by atoms with Gasteiger partial charge in [-0.1, -0.05) is 50.1 Å². The number of hydrogen-bond acceptors (Lipinski definition) is 3. The quantitative estimate of drug-likeness (QED) is 0.849. The Morgan fingerprint density at radius 3 is 2.76 bits per heavy atom. The van der Waals surface area contributed by atoms with Gasteiger partial charge in [0.25, 0.3) is 0 Å². The molecule has 0 heterocycles. The Labute approximate surface area is 131 Å². The monoisotopic (exact) mass is 307 g/mol. The van der Waals surface area contributed by atoms with Crippen LogP contribution >= 0.6 is 11.8 Å². The maximum Gasteiger partial charge on any atom is 0.230 e. The van der Waals surface area contributed by atoms with E-state index < -0.39 is 6.10 Å². The second-order valence-electron chi connectivity index (χ2n) is 5.88. The molecule has 1 aliphatic rings. The average molecular weight is 307 g/mol. The molecule has 1 aromatic rings. The van der Waals surface area contributed by atoms with E-state index in [1.807, 2.05) is 30.3 Å². The Morgan fingerprint density at radius 2 is 2.05 bits per heavy atom. The molecular formula is C17H25NO2S. The highest BCUT2D eigenvalue weighted by atomic mass is 32.2. The molecule has 0 spiro atoms.